The van der Waals surface area contributed by atoms with Crippen LogP contribution >= 0.6 is 11.6 Å². The van der Waals surface area contributed by atoms with Gasteiger partial charge in [0.15, 0.2) is 0 Å². The van der Waals surface area contributed by atoms with Gasteiger partial charge in [-0.05, 0) is 45.1 Å². The van der Waals surface area contributed by atoms with E-state index < -0.39 is 0 Å². The first-order valence-corrected chi connectivity index (χ1v) is 6.15. The van der Waals surface area contributed by atoms with E-state index in [4.69, 9.17) is 11.6 Å². The Morgan fingerprint density at radius 3 is 2.94 bits per heavy atom. The summed E-state index contributed by atoms with van der Waals surface area (Å²) < 4.78 is 0. The van der Waals surface area contributed by atoms with Gasteiger partial charge in [-0.2, -0.15) is 0 Å². The second-order valence-electron chi connectivity index (χ2n) is 4.36. The molecule has 0 unspecified atom stereocenters. The number of hydrogen-bond donors (Lipinski definition) is 1. The summed E-state index contributed by atoms with van der Waals surface area (Å²) in [6, 6.07) is 4.43. The average molecular weight is 240 g/mol. The van der Waals surface area contributed by atoms with E-state index in [1.807, 2.05) is 12.1 Å². The maximum Gasteiger partial charge on any atom is 0.0558 e. The topological polar surface area (TPSA) is 28.2 Å². The first-order valence-electron chi connectivity index (χ1n) is 5.77. The van der Waals surface area contributed by atoms with Crippen LogP contribution in [0.3, 0.4) is 0 Å². The lowest BCUT2D eigenvalue weighted by Crippen LogP contribution is -2.40. The summed E-state index contributed by atoms with van der Waals surface area (Å²) in [7, 11) is 2.17. The third-order valence-electron chi connectivity index (χ3n) is 3.12. The molecule has 2 heterocycles. The summed E-state index contributed by atoms with van der Waals surface area (Å²) in [4.78, 5) is 6.71. The minimum absolute atomic E-state index is 0.669. The van der Waals surface area contributed by atoms with Gasteiger partial charge in [-0.15, -0.1) is 0 Å². The molecule has 0 aliphatic carbocycles. The van der Waals surface area contributed by atoms with E-state index in [1.54, 1.807) is 6.20 Å². The number of halogens is 1. The Bertz CT molecular complexity index is 337. The largest absolute Gasteiger partial charge is 0.317 e. The van der Waals surface area contributed by atoms with Crippen molar-refractivity contribution >= 4 is 11.6 Å². The monoisotopic (exact) mass is 239 g/mol. The number of nitrogens with one attached hydrogen (secondary N) is 1. The molecular formula is C12H18ClN3. The summed E-state index contributed by atoms with van der Waals surface area (Å²) >= 11 is 5.95. The van der Waals surface area contributed by atoms with Crippen molar-refractivity contribution in [2.75, 3.05) is 20.1 Å². The molecule has 16 heavy (non-hydrogen) atoms. The third kappa shape index (κ3) is 3.17. The number of rotatable bonds is 3. The number of pyridine rings is 1. The molecule has 0 bridgehead atoms. The van der Waals surface area contributed by atoms with Gasteiger partial charge in [0.25, 0.3) is 0 Å². The lowest BCUT2D eigenvalue weighted by molar-refractivity contribution is 0.190. The van der Waals surface area contributed by atoms with Crippen molar-refractivity contribution in [1.82, 2.24) is 15.2 Å². The molecule has 1 aliphatic heterocycles. The first-order chi connectivity index (χ1) is 7.75. The van der Waals surface area contributed by atoms with Gasteiger partial charge in [-0.25, -0.2) is 0 Å². The van der Waals surface area contributed by atoms with Crippen molar-refractivity contribution in [2.24, 2.45) is 0 Å². The van der Waals surface area contributed by atoms with E-state index in [0.29, 0.717) is 6.04 Å². The van der Waals surface area contributed by atoms with Crippen LogP contribution in [0.4, 0.5) is 0 Å². The molecule has 0 spiro atoms. The Morgan fingerprint density at radius 2 is 2.25 bits per heavy atom. The van der Waals surface area contributed by atoms with Crippen molar-refractivity contribution in [2.45, 2.75) is 25.4 Å². The van der Waals surface area contributed by atoms with Crippen LogP contribution in [-0.2, 0) is 6.54 Å². The van der Waals surface area contributed by atoms with Gasteiger partial charge in [0.1, 0.15) is 0 Å². The van der Waals surface area contributed by atoms with Crippen molar-refractivity contribution in [3.63, 3.8) is 0 Å². The fourth-order valence-electron chi connectivity index (χ4n) is 2.17. The fraction of sp³-hybridized carbons (Fsp3) is 0.583. The van der Waals surface area contributed by atoms with E-state index in [2.05, 4.69) is 22.2 Å². The minimum atomic E-state index is 0.669. The zero-order valence-electron chi connectivity index (χ0n) is 9.62. The highest BCUT2D eigenvalue weighted by Gasteiger charge is 2.17. The van der Waals surface area contributed by atoms with Gasteiger partial charge in [0.05, 0.1) is 5.69 Å². The van der Waals surface area contributed by atoms with E-state index in [0.717, 1.165) is 30.4 Å². The maximum atomic E-state index is 5.95. The molecule has 3 nitrogen and oxygen atoms in total. The Labute approximate surface area is 102 Å². The fourth-order valence-corrected chi connectivity index (χ4v) is 2.35. The van der Waals surface area contributed by atoms with E-state index in [9.17, 15) is 0 Å². The summed E-state index contributed by atoms with van der Waals surface area (Å²) in [5, 5.41) is 4.15. The van der Waals surface area contributed by atoms with E-state index in [1.165, 1.54) is 12.8 Å². The number of piperidine rings is 1. The van der Waals surface area contributed by atoms with Gasteiger partial charge >= 0.3 is 0 Å². The van der Waals surface area contributed by atoms with Gasteiger partial charge < -0.3 is 5.32 Å². The third-order valence-corrected chi connectivity index (χ3v) is 3.36. The second kappa shape index (κ2) is 5.62. The molecule has 1 aromatic heterocycles. The Kier molecular flexibility index (Phi) is 4.16. The molecule has 88 valence electrons. The zero-order valence-corrected chi connectivity index (χ0v) is 10.4. The second-order valence-corrected chi connectivity index (χ2v) is 4.80. The highest BCUT2D eigenvalue weighted by molar-refractivity contribution is 6.30. The maximum absolute atomic E-state index is 5.95. The summed E-state index contributed by atoms with van der Waals surface area (Å²) in [6.07, 6.45) is 4.21. The van der Waals surface area contributed by atoms with Crippen LogP contribution in [0.1, 0.15) is 18.5 Å². The predicted molar refractivity (Wildman–Crippen MR) is 66.6 cm³/mol. The summed E-state index contributed by atoms with van der Waals surface area (Å²) in [6.45, 7) is 3.13. The standard InChI is InChI=1S/C12H18ClN3/c1-16(12-3-5-14-6-4-12)9-11-8-10(13)2-7-15-11/h2,7-8,12,14H,3-6,9H2,1H3. The minimum Gasteiger partial charge on any atom is -0.317 e. The van der Waals surface area contributed by atoms with Crippen LogP contribution in [-0.4, -0.2) is 36.1 Å². The molecule has 0 atom stereocenters. The molecule has 0 aromatic carbocycles. The Hall–Kier alpha value is -0.640. The van der Waals surface area contributed by atoms with Crippen LogP contribution in [0, 0.1) is 0 Å². The molecule has 1 N–H and O–H groups in total. The highest BCUT2D eigenvalue weighted by atomic mass is 35.5. The molecule has 1 aliphatic rings. The zero-order chi connectivity index (χ0) is 11.4. The first kappa shape index (κ1) is 11.8. The summed E-state index contributed by atoms with van der Waals surface area (Å²) in [5.41, 5.74) is 1.05. The van der Waals surface area contributed by atoms with Crippen LogP contribution in [0.25, 0.3) is 0 Å². The van der Waals surface area contributed by atoms with Crippen LogP contribution in [0.5, 0.6) is 0 Å². The molecule has 1 saturated heterocycles. The van der Waals surface area contributed by atoms with Crippen LogP contribution in [0.15, 0.2) is 18.3 Å². The highest BCUT2D eigenvalue weighted by Crippen LogP contribution is 2.14. The van der Waals surface area contributed by atoms with Gasteiger partial charge in [-0.3, -0.25) is 9.88 Å². The molecule has 1 aromatic rings. The predicted octanol–water partition coefficient (Wildman–Crippen LogP) is 1.92. The lowest BCUT2D eigenvalue weighted by Gasteiger charge is -2.31. The van der Waals surface area contributed by atoms with Gasteiger partial charge in [0, 0.05) is 23.8 Å². The quantitative estimate of drug-likeness (QED) is 0.874. The van der Waals surface area contributed by atoms with Gasteiger partial charge in [-0.1, -0.05) is 11.6 Å². The number of nitrogens with zero attached hydrogens (tertiary/aromatic N) is 2. The van der Waals surface area contributed by atoms with Crippen molar-refractivity contribution in [3.05, 3.63) is 29.0 Å². The molecule has 0 saturated carbocycles. The SMILES string of the molecule is CN(Cc1cc(Cl)ccn1)C1CCNCC1. The molecule has 1 fully saturated rings. The molecule has 4 heteroatoms. The summed E-state index contributed by atoms with van der Waals surface area (Å²) in [5.74, 6) is 0. The van der Waals surface area contributed by atoms with E-state index in [-0.39, 0.29) is 0 Å². The lowest BCUT2D eigenvalue weighted by atomic mass is 10.1. The van der Waals surface area contributed by atoms with E-state index >= 15 is 0 Å². The van der Waals surface area contributed by atoms with Crippen LogP contribution in [0.2, 0.25) is 5.02 Å². The Balaban J connectivity index is 1.93. The number of hydrogen-bond acceptors (Lipinski definition) is 3. The molecule has 0 radical (unpaired) electrons. The van der Waals surface area contributed by atoms with Crippen molar-refractivity contribution in [1.29, 1.82) is 0 Å². The molecular weight excluding hydrogens is 222 g/mol. The van der Waals surface area contributed by atoms with Crippen molar-refractivity contribution < 1.29 is 0 Å². The van der Waals surface area contributed by atoms with Crippen molar-refractivity contribution in [3.8, 4) is 0 Å². The van der Waals surface area contributed by atoms with Crippen LogP contribution < -0.4 is 5.32 Å². The normalized spacial score (nSPS) is 17.9. The number of aromatic nitrogens is 1. The smallest absolute Gasteiger partial charge is 0.0558 e. The van der Waals surface area contributed by atoms with Gasteiger partial charge in [0.2, 0.25) is 0 Å². The Morgan fingerprint density at radius 1 is 1.50 bits per heavy atom. The molecule has 2 rings (SSSR count). The molecule has 0 amide bonds. The average Bonchev–Trinajstić information content (AvgIpc) is 2.30.